The number of hydrogen-bond donors (Lipinski definition) is 1. The number of carbonyl (C=O) groups excluding carboxylic acids is 1. The van der Waals surface area contributed by atoms with Crippen LogP contribution in [-0.2, 0) is 11.3 Å². The molecule has 1 N–H and O–H groups in total. The molecule has 1 aromatic heterocycles. The lowest BCUT2D eigenvalue weighted by Gasteiger charge is -2.15. The number of rotatable bonds is 5. The van der Waals surface area contributed by atoms with Crippen LogP contribution in [0.5, 0.6) is 0 Å². The Morgan fingerprint density at radius 1 is 1.20 bits per heavy atom. The number of hydrogen-bond acceptors (Lipinski definition) is 4. The van der Waals surface area contributed by atoms with Crippen molar-refractivity contribution < 1.29 is 4.79 Å². The molecule has 0 aliphatic carbocycles. The molecule has 25 heavy (non-hydrogen) atoms. The Labute approximate surface area is 154 Å². The molecule has 1 heterocycles. The van der Waals surface area contributed by atoms with Gasteiger partial charge >= 0.3 is 0 Å². The predicted octanol–water partition coefficient (Wildman–Crippen LogP) is 3.29. The second kappa shape index (κ2) is 7.57. The van der Waals surface area contributed by atoms with Crippen molar-refractivity contribution >= 4 is 21.8 Å². The second-order valence-electron chi connectivity index (χ2n) is 5.77. The van der Waals surface area contributed by atoms with Gasteiger partial charge < -0.3 is 5.32 Å². The van der Waals surface area contributed by atoms with Gasteiger partial charge in [-0.25, -0.2) is 0 Å². The molecule has 1 atom stereocenters. The maximum Gasteiger partial charge on any atom is 0.244 e. The average molecular weight is 400 g/mol. The van der Waals surface area contributed by atoms with E-state index in [-0.39, 0.29) is 18.5 Å². The number of nitrogens with zero attached hydrogens (tertiary/aromatic N) is 4. The molecule has 3 rings (SSSR count). The molecule has 0 radical (unpaired) electrons. The molecule has 0 saturated heterocycles. The van der Waals surface area contributed by atoms with Crippen molar-refractivity contribution in [1.29, 1.82) is 0 Å². The standard InChI is InChI=1S/C18H18BrN5O/c1-12-7-3-4-8-14(12)18-21-23-24(22-18)11-17(25)20-13(2)15-9-5-6-10-16(15)19/h3-10,13H,11H2,1-2H3,(H,20,25)/t13-/m0/s1. The molecule has 0 fully saturated rings. The van der Waals surface area contributed by atoms with Crippen molar-refractivity contribution in [2.24, 2.45) is 0 Å². The Kier molecular flexibility index (Phi) is 5.23. The van der Waals surface area contributed by atoms with Gasteiger partial charge in [0.25, 0.3) is 0 Å². The lowest BCUT2D eigenvalue weighted by atomic mass is 10.1. The molecule has 128 valence electrons. The van der Waals surface area contributed by atoms with Crippen molar-refractivity contribution in [1.82, 2.24) is 25.5 Å². The van der Waals surface area contributed by atoms with Gasteiger partial charge in [-0.2, -0.15) is 4.80 Å². The molecule has 3 aromatic rings. The molecule has 1 amide bonds. The highest BCUT2D eigenvalue weighted by molar-refractivity contribution is 9.10. The Balaban J connectivity index is 1.66. The van der Waals surface area contributed by atoms with Crippen LogP contribution in [0.3, 0.4) is 0 Å². The molecule has 0 unspecified atom stereocenters. The van der Waals surface area contributed by atoms with Gasteiger partial charge in [-0.3, -0.25) is 4.79 Å². The van der Waals surface area contributed by atoms with Crippen LogP contribution in [0.15, 0.2) is 53.0 Å². The van der Waals surface area contributed by atoms with E-state index in [1.165, 1.54) is 4.80 Å². The van der Waals surface area contributed by atoms with Crippen LogP contribution < -0.4 is 5.32 Å². The van der Waals surface area contributed by atoms with E-state index in [0.29, 0.717) is 5.82 Å². The topological polar surface area (TPSA) is 72.7 Å². The third-order valence-corrected chi connectivity index (χ3v) is 4.60. The number of benzene rings is 2. The zero-order valence-electron chi connectivity index (χ0n) is 14.0. The number of amides is 1. The fraction of sp³-hybridized carbons (Fsp3) is 0.222. The Bertz CT molecular complexity index is 892. The number of aryl methyl sites for hydroxylation is 1. The summed E-state index contributed by atoms with van der Waals surface area (Å²) in [7, 11) is 0. The van der Waals surface area contributed by atoms with Crippen molar-refractivity contribution in [3.05, 3.63) is 64.1 Å². The summed E-state index contributed by atoms with van der Waals surface area (Å²) >= 11 is 3.50. The number of halogens is 1. The molecule has 6 nitrogen and oxygen atoms in total. The fourth-order valence-corrected chi connectivity index (χ4v) is 3.19. The normalized spacial score (nSPS) is 12.0. The number of aromatic nitrogens is 4. The van der Waals surface area contributed by atoms with E-state index in [4.69, 9.17) is 0 Å². The van der Waals surface area contributed by atoms with Gasteiger partial charge in [0.05, 0.1) is 6.04 Å². The van der Waals surface area contributed by atoms with Gasteiger partial charge in [0.15, 0.2) is 0 Å². The Morgan fingerprint density at radius 3 is 2.68 bits per heavy atom. The number of nitrogens with one attached hydrogen (secondary N) is 1. The molecular formula is C18H18BrN5O. The Hall–Kier alpha value is -2.54. The zero-order chi connectivity index (χ0) is 17.8. The highest BCUT2D eigenvalue weighted by Gasteiger charge is 2.14. The first-order valence-corrected chi connectivity index (χ1v) is 8.71. The monoisotopic (exact) mass is 399 g/mol. The third-order valence-electron chi connectivity index (χ3n) is 3.87. The first-order chi connectivity index (χ1) is 12.0. The third kappa shape index (κ3) is 4.11. The van der Waals surface area contributed by atoms with Gasteiger partial charge in [0.2, 0.25) is 11.7 Å². The molecule has 2 aromatic carbocycles. The van der Waals surface area contributed by atoms with E-state index in [9.17, 15) is 4.79 Å². The van der Waals surface area contributed by atoms with E-state index >= 15 is 0 Å². The minimum atomic E-state index is -0.169. The van der Waals surface area contributed by atoms with Crippen LogP contribution in [0.1, 0.15) is 24.1 Å². The summed E-state index contributed by atoms with van der Waals surface area (Å²) in [6.07, 6.45) is 0. The van der Waals surface area contributed by atoms with E-state index in [0.717, 1.165) is 21.2 Å². The maximum atomic E-state index is 12.3. The first kappa shape index (κ1) is 17.3. The van der Waals surface area contributed by atoms with Crippen LogP contribution in [-0.4, -0.2) is 26.1 Å². The molecule has 0 bridgehead atoms. The van der Waals surface area contributed by atoms with E-state index < -0.39 is 0 Å². The quantitative estimate of drug-likeness (QED) is 0.714. The molecular weight excluding hydrogens is 382 g/mol. The van der Waals surface area contributed by atoms with E-state index in [2.05, 4.69) is 36.7 Å². The van der Waals surface area contributed by atoms with Crippen LogP contribution in [0.4, 0.5) is 0 Å². The van der Waals surface area contributed by atoms with Gasteiger partial charge in [0, 0.05) is 10.0 Å². The molecule has 0 saturated carbocycles. The van der Waals surface area contributed by atoms with Gasteiger partial charge in [-0.15, -0.1) is 10.2 Å². The zero-order valence-corrected chi connectivity index (χ0v) is 15.6. The van der Waals surface area contributed by atoms with Crippen molar-refractivity contribution in [3.8, 4) is 11.4 Å². The fourth-order valence-electron chi connectivity index (χ4n) is 2.56. The second-order valence-corrected chi connectivity index (χ2v) is 6.62. The van der Waals surface area contributed by atoms with Gasteiger partial charge in [-0.05, 0) is 36.3 Å². The number of carbonyl (C=O) groups is 1. The van der Waals surface area contributed by atoms with Crippen LogP contribution in [0.25, 0.3) is 11.4 Å². The van der Waals surface area contributed by atoms with Gasteiger partial charge in [0.1, 0.15) is 6.54 Å². The molecule has 0 aliphatic heterocycles. The molecule has 0 spiro atoms. The lowest BCUT2D eigenvalue weighted by Crippen LogP contribution is -2.31. The summed E-state index contributed by atoms with van der Waals surface area (Å²) in [4.78, 5) is 13.6. The van der Waals surface area contributed by atoms with Crippen LogP contribution in [0.2, 0.25) is 0 Å². The van der Waals surface area contributed by atoms with Crippen molar-refractivity contribution in [3.63, 3.8) is 0 Å². The minimum absolute atomic E-state index is 0.0215. The largest absolute Gasteiger partial charge is 0.348 e. The first-order valence-electron chi connectivity index (χ1n) is 7.92. The SMILES string of the molecule is Cc1ccccc1-c1nnn(CC(=O)N[C@@H](C)c2ccccc2Br)n1. The minimum Gasteiger partial charge on any atom is -0.348 e. The van der Waals surface area contributed by atoms with Gasteiger partial charge in [-0.1, -0.05) is 58.4 Å². The number of tetrazole rings is 1. The average Bonchev–Trinajstić information content (AvgIpc) is 3.03. The highest BCUT2D eigenvalue weighted by Crippen LogP contribution is 2.22. The highest BCUT2D eigenvalue weighted by atomic mass is 79.9. The Morgan fingerprint density at radius 2 is 1.92 bits per heavy atom. The summed E-state index contributed by atoms with van der Waals surface area (Å²) in [5, 5.41) is 15.3. The van der Waals surface area contributed by atoms with Crippen LogP contribution >= 0.6 is 15.9 Å². The predicted molar refractivity (Wildman–Crippen MR) is 98.7 cm³/mol. The summed E-state index contributed by atoms with van der Waals surface area (Å²) in [6.45, 7) is 3.95. The summed E-state index contributed by atoms with van der Waals surface area (Å²) in [6, 6.07) is 15.5. The summed E-state index contributed by atoms with van der Waals surface area (Å²) < 4.78 is 0.962. The molecule has 7 heteroatoms. The van der Waals surface area contributed by atoms with E-state index in [1.54, 1.807) is 0 Å². The summed E-state index contributed by atoms with van der Waals surface area (Å²) in [5.74, 6) is 0.349. The maximum absolute atomic E-state index is 12.3. The molecule has 0 aliphatic rings. The lowest BCUT2D eigenvalue weighted by molar-refractivity contribution is -0.122. The van der Waals surface area contributed by atoms with E-state index in [1.807, 2.05) is 62.4 Å². The smallest absolute Gasteiger partial charge is 0.244 e. The van der Waals surface area contributed by atoms with Crippen LogP contribution in [0, 0.1) is 6.92 Å². The van der Waals surface area contributed by atoms with Crippen molar-refractivity contribution in [2.45, 2.75) is 26.4 Å². The summed E-state index contributed by atoms with van der Waals surface area (Å²) in [5.41, 5.74) is 2.99. The van der Waals surface area contributed by atoms with Crippen molar-refractivity contribution in [2.75, 3.05) is 0 Å².